The second-order valence-corrected chi connectivity index (χ2v) is 5.91. The molecule has 0 heterocycles. The van der Waals surface area contributed by atoms with Crippen molar-refractivity contribution in [2.75, 3.05) is 5.23 Å². The first-order valence-electron chi connectivity index (χ1n) is 7.61. The highest BCUT2D eigenvalue weighted by atomic mass is 16.8. The lowest BCUT2D eigenvalue weighted by atomic mass is 9.76. The molecule has 0 aliphatic heterocycles. The van der Waals surface area contributed by atoms with Crippen LogP contribution < -0.4 is 5.23 Å². The summed E-state index contributed by atoms with van der Waals surface area (Å²) in [6.07, 6.45) is -0.787. The van der Waals surface area contributed by atoms with Crippen molar-refractivity contribution in [2.45, 2.75) is 12.8 Å². The molecule has 10 heteroatoms. The van der Waals surface area contributed by atoms with E-state index in [0.29, 0.717) is 11.1 Å². The lowest BCUT2D eigenvalue weighted by Crippen LogP contribution is -2.43. The van der Waals surface area contributed by atoms with Crippen molar-refractivity contribution < 1.29 is 29.9 Å². The molecule has 10 nitrogen and oxygen atoms in total. The standard InChI is InChI=1S/C17H15N2O8/c20-15(21)17(16(22)23,9-11-1-5-13(6-2-11)18(24)25)10-12-3-7-14(8-4-12)19(26)27/h1-8,24H,9-10H2,(H,20,21)(H,22,23)/q-1. The molecule has 0 aliphatic carbocycles. The van der Waals surface area contributed by atoms with Gasteiger partial charge in [-0.05, 0) is 36.1 Å². The molecule has 0 atom stereocenters. The molecular weight excluding hydrogens is 360 g/mol. The van der Waals surface area contributed by atoms with Crippen LogP contribution in [0, 0.1) is 20.7 Å². The van der Waals surface area contributed by atoms with E-state index in [1.165, 1.54) is 48.5 Å². The molecule has 0 spiro atoms. The minimum absolute atomic E-state index is 0.0923. The van der Waals surface area contributed by atoms with Crippen molar-refractivity contribution in [1.29, 1.82) is 0 Å². The number of benzene rings is 2. The predicted octanol–water partition coefficient (Wildman–Crippen LogP) is 2.23. The van der Waals surface area contributed by atoms with E-state index in [1.54, 1.807) is 0 Å². The monoisotopic (exact) mass is 375 g/mol. The number of hydrogen-bond acceptors (Lipinski definition) is 7. The third kappa shape index (κ3) is 4.37. The number of non-ortho nitro benzene ring substituents is 1. The second-order valence-electron chi connectivity index (χ2n) is 5.91. The van der Waals surface area contributed by atoms with Gasteiger partial charge in [0.1, 0.15) is 0 Å². The van der Waals surface area contributed by atoms with E-state index < -0.39 is 28.7 Å². The Bertz CT molecular complexity index is 832. The molecule has 0 unspecified atom stereocenters. The zero-order valence-electron chi connectivity index (χ0n) is 13.8. The third-order valence-corrected chi connectivity index (χ3v) is 4.13. The Balaban J connectivity index is 2.35. The van der Waals surface area contributed by atoms with Gasteiger partial charge in [0.25, 0.3) is 5.69 Å². The number of carbonyl (C=O) groups is 2. The van der Waals surface area contributed by atoms with Gasteiger partial charge < -0.3 is 20.6 Å². The van der Waals surface area contributed by atoms with E-state index in [0.717, 1.165) is 0 Å². The Hall–Kier alpha value is -3.50. The van der Waals surface area contributed by atoms with E-state index in [-0.39, 0.29) is 23.0 Å². The molecule has 0 aromatic heterocycles. The molecule has 142 valence electrons. The van der Waals surface area contributed by atoms with Crippen LogP contribution in [0.3, 0.4) is 0 Å². The van der Waals surface area contributed by atoms with Gasteiger partial charge in [-0.3, -0.25) is 24.9 Å². The van der Waals surface area contributed by atoms with Gasteiger partial charge in [-0.15, -0.1) is 0 Å². The lowest BCUT2D eigenvalue weighted by molar-refractivity contribution is -0.384. The fourth-order valence-corrected chi connectivity index (χ4v) is 2.63. The van der Waals surface area contributed by atoms with Gasteiger partial charge in [-0.1, -0.05) is 24.3 Å². The quantitative estimate of drug-likeness (QED) is 0.356. The van der Waals surface area contributed by atoms with Crippen LogP contribution in [0.25, 0.3) is 0 Å². The summed E-state index contributed by atoms with van der Waals surface area (Å²) >= 11 is 0. The molecule has 0 bridgehead atoms. The number of carboxylic acid groups (broad SMARTS) is 2. The molecule has 0 saturated carbocycles. The van der Waals surface area contributed by atoms with E-state index in [9.17, 15) is 35.1 Å². The van der Waals surface area contributed by atoms with Crippen molar-refractivity contribution in [3.63, 3.8) is 0 Å². The zero-order valence-corrected chi connectivity index (χ0v) is 13.8. The van der Waals surface area contributed by atoms with Crippen LogP contribution in [0.1, 0.15) is 11.1 Å². The number of hydrogen-bond donors (Lipinski definition) is 3. The third-order valence-electron chi connectivity index (χ3n) is 4.13. The van der Waals surface area contributed by atoms with Gasteiger partial charge in [-0.25, -0.2) is 0 Å². The maximum Gasteiger partial charge on any atom is 0.321 e. The molecule has 0 aliphatic rings. The van der Waals surface area contributed by atoms with Crippen molar-refractivity contribution >= 4 is 23.3 Å². The van der Waals surface area contributed by atoms with Crippen LogP contribution in [0.15, 0.2) is 48.5 Å². The number of nitrogens with zero attached hydrogens (tertiary/aromatic N) is 2. The summed E-state index contributed by atoms with van der Waals surface area (Å²) in [6.45, 7) is 0. The van der Waals surface area contributed by atoms with Crippen LogP contribution >= 0.6 is 0 Å². The fourth-order valence-electron chi connectivity index (χ4n) is 2.63. The molecule has 2 aromatic rings. The lowest BCUT2D eigenvalue weighted by Gasteiger charge is -2.26. The number of rotatable bonds is 8. The average Bonchev–Trinajstić information content (AvgIpc) is 2.61. The Kier molecular flexibility index (Phi) is 5.73. The highest BCUT2D eigenvalue weighted by molar-refractivity contribution is 5.99. The minimum Gasteiger partial charge on any atom is -0.733 e. The molecule has 0 radical (unpaired) electrons. The van der Waals surface area contributed by atoms with E-state index in [1.807, 2.05) is 0 Å². The molecule has 3 N–H and O–H groups in total. The molecule has 0 fully saturated rings. The second kappa shape index (κ2) is 7.81. The van der Waals surface area contributed by atoms with Crippen LogP contribution in [0.5, 0.6) is 0 Å². The molecule has 2 rings (SSSR count). The van der Waals surface area contributed by atoms with Crippen LogP contribution in [-0.2, 0) is 22.4 Å². The fraction of sp³-hybridized carbons (Fsp3) is 0.176. The van der Waals surface area contributed by atoms with Crippen LogP contribution in [0.4, 0.5) is 11.4 Å². The Labute approximate surface area is 152 Å². The largest absolute Gasteiger partial charge is 0.733 e. The summed E-state index contributed by atoms with van der Waals surface area (Å²) in [7, 11) is 0. The van der Waals surface area contributed by atoms with Crippen molar-refractivity contribution in [3.05, 3.63) is 75.0 Å². The molecular formula is C17H15N2O8-. The Morgan fingerprint density at radius 3 is 1.67 bits per heavy atom. The van der Waals surface area contributed by atoms with Crippen LogP contribution in [0.2, 0.25) is 0 Å². The molecule has 27 heavy (non-hydrogen) atoms. The number of nitro benzene ring substituents is 1. The van der Waals surface area contributed by atoms with Gasteiger partial charge in [0, 0.05) is 12.1 Å². The molecule has 2 aromatic carbocycles. The van der Waals surface area contributed by atoms with Crippen molar-refractivity contribution in [1.82, 2.24) is 0 Å². The van der Waals surface area contributed by atoms with Gasteiger partial charge in [0.2, 0.25) is 0 Å². The molecule has 0 saturated heterocycles. The highest BCUT2D eigenvalue weighted by Gasteiger charge is 2.46. The zero-order chi connectivity index (χ0) is 20.2. The van der Waals surface area contributed by atoms with E-state index in [4.69, 9.17) is 5.21 Å². The molecule has 0 amide bonds. The normalized spacial score (nSPS) is 11.0. The van der Waals surface area contributed by atoms with E-state index in [2.05, 4.69) is 0 Å². The number of carboxylic acids is 2. The number of aliphatic carboxylic acids is 2. The maximum absolute atomic E-state index is 11.8. The first-order valence-corrected chi connectivity index (χ1v) is 7.61. The van der Waals surface area contributed by atoms with Crippen LogP contribution in [-0.4, -0.2) is 32.3 Å². The van der Waals surface area contributed by atoms with Crippen molar-refractivity contribution in [3.8, 4) is 0 Å². The van der Waals surface area contributed by atoms with Gasteiger partial charge in [-0.2, -0.15) is 0 Å². The topological polar surface area (TPSA) is 164 Å². The number of nitro groups is 1. The first kappa shape index (κ1) is 19.8. The van der Waals surface area contributed by atoms with E-state index >= 15 is 0 Å². The smallest absolute Gasteiger partial charge is 0.321 e. The van der Waals surface area contributed by atoms with Gasteiger partial charge in [0.05, 0.1) is 10.6 Å². The summed E-state index contributed by atoms with van der Waals surface area (Å²) in [5.74, 6) is -3.13. The summed E-state index contributed by atoms with van der Waals surface area (Å²) in [4.78, 5) is 33.8. The number of anilines is 1. The van der Waals surface area contributed by atoms with Gasteiger partial charge >= 0.3 is 11.9 Å². The first-order chi connectivity index (χ1) is 12.7. The average molecular weight is 375 g/mol. The van der Waals surface area contributed by atoms with Crippen molar-refractivity contribution in [2.24, 2.45) is 5.41 Å². The summed E-state index contributed by atoms with van der Waals surface area (Å²) in [5.41, 5.74) is -1.87. The Morgan fingerprint density at radius 1 is 0.926 bits per heavy atom. The SMILES string of the molecule is O=C(O)C(Cc1ccc(N([O-])O)cc1)(Cc1ccc([N+](=O)[O-])cc1)C(=O)O. The summed E-state index contributed by atoms with van der Waals surface area (Å²) in [5, 5.41) is 49.2. The minimum atomic E-state index is -2.21. The Morgan fingerprint density at radius 2 is 1.33 bits per heavy atom. The summed E-state index contributed by atoms with van der Waals surface area (Å²) in [6, 6.07) is 10.1. The van der Waals surface area contributed by atoms with Gasteiger partial charge in [0.15, 0.2) is 5.41 Å². The maximum atomic E-state index is 11.8. The summed E-state index contributed by atoms with van der Waals surface area (Å²) < 4.78 is 0. The predicted molar refractivity (Wildman–Crippen MR) is 92.3 cm³/mol. The highest BCUT2D eigenvalue weighted by Crippen LogP contribution is 2.30.